The first-order chi connectivity index (χ1) is 12.7. The molecule has 0 fully saturated rings. The minimum Gasteiger partial charge on any atom is -0.467 e. The number of para-hydroxylation sites is 1. The molecule has 1 aromatic carbocycles. The fourth-order valence-electron chi connectivity index (χ4n) is 2.57. The molecule has 27 heavy (non-hydrogen) atoms. The van der Waals surface area contributed by atoms with Gasteiger partial charge in [0.1, 0.15) is 12.6 Å². The SMILES string of the molecule is COC(=O)[C@H](C)N(Cc1ccccc1N)C(=O)Cn1cc(C)c(=O)[nH]c1=O. The molecule has 144 valence electrons. The highest BCUT2D eigenvalue weighted by Gasteiger charge is 2.27. The van der Waals surface area contributed by atoms with Crippen LogP contribution in [0.3, 0.4) is 0 Å². The number of esters is 1. The molecule has 0 aliphatic carbocycles. The van der Waals surface area contributed by atoms with Crippen molar-refractivity contribution in [3.63, 3.8) is 0 Å². The molecular weight excluding hydrogens is 352 g/mol. The normalized spacial score (nSPS) is 11.7. The van der Waals surface area contributed by atoms with Crippen molar-refractivity contribution in [1.82, 2.24) is 14.5 Å². The van der Waals surface area contributed by atoms with Crippen molar-refractivity contribution in [2.45, 2.75) is 33.0 Å². The van der Waals surface area contributed by atoms with Crippen LogP contribution >= 0.6 is 0 Å². The van der Waals surface area contributed by atoms with Crippen LogP contribution in [0.1, 0.15) is 18.1 Å². The first-order valence-corrected chi connectivity index (χ1v) is 8.25. The quantitative estimate of drug-likeness (QED) is 0.542. The smallest absolute Gasteiger partial charge is 0.328 e. The topological polar surface area (TPSA) is 127 Å². The van der Waals surface area contributed by atoms with E-state index in [9.17, 15) is 19.2 Å². The van der Waals surface area contributed by atoms with Gasteiger partial charge in [0.15, 0.2) is 0 Å². The first-order valence-electron chi connectivity index (χ1n) is 8.25. The van der Waals surface area contributed by atoms with Gasteiger partial charge >= 0.3 is 11.7 Å². The van der Waals surface area contributed by atoms with Crippen molar-refractivity contribution >= 4 is 17.6 Å². The van der Waals surface area contributed by atoms with Gasteiger partial charge in [-0.15, -0.1) is 0 Å². The number of aromatic amines is 1. The Labute approximate surface area is 155 Å². The number of aromatic nitrogens is 2. The molecule has 1 atom stereocenters. The van der Waals surface area contributed by atoms with E-state index in [1.54, 1.807) is 24.3 Å². The highest BCUT2D eigenvalue weighted by molar-refractivity contribution is 5.84. The molecule has 2 rings (SSSR count). The zero-order valence-electron chi connectivity index (χ0n) is 15.4. The molecule has 0 saturated heterocycles. The number of hydrogen-bond donors (Lipinski definition) is 2. The van der Waals surface area contributed by atoms with E-state index >= 15 is 0 Å². The highest BCUT2D eigenvalue weighted by Crippen LogP contribution is 2.16. The van der Waals surface area contributed by atoms with E-state index in [4.69, 9.17) is 10.5 Å². The molecule has 1 aromatic heterocycles. The van der Waals surface area contributed by atoms with Gasteiger partial charge < -0.3 is 15.4 Å². The summed E-state index contributed by atoms with van der Waals surface area (Å²) in [5.74, 6) is -1.09. The molecule has 1 heterocycles. The molecule has 0 spiro atoms. The lowest BCUT2D eigenvalue weighted by Crippen LogP contribution is -2.46. The third kappa shape index (κ3) is 4.63. The van der Waals surface area contributed by atoms with Gasteiger partial charge in [-0.1, -0.05) is 18.2 Å². The number of methoxy groups -OCH3 is 1. The minimum absolute atomic E-state index is 0.0683. The summed E-state index contributed by atoms with van der Waals surface area (Å²) in [5.41, 5.74) is 6.15. The number of carbonyl (C=O) groups is 2. The van der Waals surface area contributed by atoms with E-state index in [0.29, 0.717) is 16.8 Å². The van der Waals surface area contributed by atoms with Gasteiger partial charge in [-0.05, 0) is 25.5 Å². The van der Waals surface area contributed by atoms with E-state index < -0.39 is 29.2 Å². The molecule has 9 nitrogen and oxygen atoms in total. The first kappa shape index (κ1) is 20.0. The van der Waals surface area contributed by atoms with Crippen molar-refractivity contribution in [1.29, 1.82) is 0 Å². The molecule has 0 radical (unpaired) electrons. The predicted molar refractivity (Wildman–Crippen MR) is 98.9 cm³/mol. The Morgan fingerprint density at radius 2 is 1.96 bits per heavy atom. The summed E-state index contributed by atoms with van der Waals surface area (Å²) in [7, 11) is 1.23. The van der Waals surface area contributed by atoms with Gasteiger partial charge in [-0.3, -0.25) is 19.1 Å². The number of nitrogens with one attached hydrogen (secondary N) is 1. The van der Waals surface area contributed by atoms with E-state index in [0.717, 1.165) is 4.57 Å². The molecule has 0 unspecified atom stereocenters. The average Bonchev–Trinajstić information content (AvgIpc) is 2.64. The summed E-state index contributed by atoms with van der Waals surface area (Å²) >= 11 is 0. The molecule has 2 aromatic rings. The number of H-pyrrole nitrogens is 1. The fraction of sp³-hybridized carbons (Fsp3) is 0.333. The third-order valence-electron chi connectivity index (χ3n) is 4.22. The average molecular weight is 374 g/mol. The summed E-state index contributed by atoms with van der Waals surface area (Å²) in [5, 5.41) is 0. The lowest BCUT2D eigenvalue weighted by molar-refractivity contribution is -0.152. The molecular formula is C18H22N4O5. The Morgan fingerprint density at radius 3 is 2.59 bits per heavy atom. The zero-order chi connectivity index (χ0) is 20.1. The lowest BCUT2D eigenvalue weighted by atomic mass is 10.1. The van der Waals surface area contributed by atoms with E-state index in [-0.39, 0.29) is 13.1 Å². The van der Waals surface area contributed by atoms with E-state index in [1.165, 1.54) is 32.1 Å². The number of nitrogens with zero attached hydrogens (tertiary/aromatic N) is 2. The Bertz CT molecular complexity index is 963. The number of amides is 1. The molecule has 9 heteroatoms. The summed E-state index contributed by atoms with van der Waals surface area (Å²) in [6.07, 6.45) is 1.30. The molecule has 0 saturated carbocycles. The summed E-state index contributed by atoms with van der Waals surface area (Å²) in [4.78, 5) is 51.7. The van der Waals surface area contributed by atoms with Crippen LogP contribution < -0.4 is 17.0 Å². The van der Waals surface area contributed by atoms with Gasteiger partial charge in [0, 0.05) is 24.0 Å². The molecule has 3 N–H and O–H groups in total. The second-order valence-corrected chi connectivity index (χ2v) is 6.12. The highest BCUT2D eigenvalue weighted by atomic mass is 16.5. The standard InChI is InChI=1S/C18H22N4O5/c1-11-8-21(18(26)20-16(11)24)10-15(23)22(12(2)17(25)27-3)9-13-6-4-5-7-14(13)19/h4-8,12H,9-10,19H2,1-3H3,(H,20,24,26)/t12-/m0/s1. The largest absolute Gasteiger partial charge is 0.467 e. The number of nitrogens with two attached hydrogens (primary N) is 1. The van der Waals surface area contributed by atoms with Crippen LogP contribution in [-0.4, -0.2) is 39.5 Å². The minimum atomic E-state index is -0.887. The van der Waals surface area contributed by atoms with E-state index in [2.05, 4.69) is 4.98 Å². The number of benzene rings is 1. The monoisotopic (exact) mass is 374 g/mol. The number of anilines is 1. The number of carbonyl (C=O) groups excluding carboxylic acids is 2. The van der Waals surface area contributed by atoms with Crippen LogP contribution in [-0.2, 0) is 27.4 Å². The van der Waals surface area contributed by atoms with Gasteiger partial charge in [0.25, 0.3) is 5.56 Å². The number of hydrogen-bond acceptors (Lipinski definition) is 6. The molecule has 0 bridgehead atoms. The maximum Gasteiger partial charge on any atom is 0.328 e. The van der Waals surface area contributed by atoms with Crippen LogP contribution in [0.2, 0.25) is 0 Å². The van der Waals surface area contributed by atoms with Crippen molar-refractivity contribution in [3.05, 3.63) is 62.4 Å². The molecule has 0 aliphatic rings. The second-order valence-electron chi connectivity index (χ2n) is 6.12. The summed E-state index contributed by atoms with van der Waals surface area (Å²) in [6, 6.07) is 6.08. The van der Waals surface area contributed by atoms with Crippen molar-refractivity contribution in [2.75, 3.05) is 12.8 Å². The van der Waals surface area contributed by atoms with Crippen molar-refractivity contribution in [3.8, 4) is 0 Å². The van der Waals surface area contributed by atoms with Gasteiger partial charge in [0.05, 0.1) is 7.11 Å². The summed E-state index contributed by atoms with van der Waals surface area (Å²) < 4.78 is 5.83. The van der Waals surface area contributed by atoms with Gasteiger partial charge in [-0.2, -0.15) is 0 Å². The van der Waals surface area contributed by atoms with Crippen LogP contribution in [0, 0.1) is 6.92 Å². The Morgan fingerprint density at radius 1 is 1.30 bits per heavy atom. The number of nitrogen functional groups attached to an aromatic ring is 1. The number of aryl methyl sites for hydroxylation is 1. The Hall–Kier alpha value is -3.36. The van der Waals surface area contributed by atoms with Gasteiger partial charge in [-0.25, -0.2) is 9.59 Å². The summed E-state index contributed by atoms with van der Waals surface area (Å²) in [6.45, 7) is 2.78. The third-order valence-corrected chi connectivity index (χ3v) is 4.22. The van der Waals surface area contributed by atoms with Crippen LogP contribution in [0.15, 0.2) is 40.1 Å². The molecule has 1 amide bonds. The number of rotatable bonds is 6. The number of ether oxygens (including phenoxy) is 1. The van der Waals surface area contributed by atoms with Crippen LogP contribution in [0.25, 0.3) is 0 Å². The zero-order valence-corrected chi connectivity index (χ0v) is 15.4. The van der Waals surface area contributed by atoms with Gasteiger partial charge in [0.2, 0.25) is 5.91 Å². The second kappa shape index (κ2) is 8.35. The Kier molecular flexibility index (Phi) is 6.17. The van der Waals surface area contributed by atoms with Crippen molar-refractivity contribution < 1.29 is 14.3 Å². The van der Waals surface area contributed by atoms with Crippen LogP contribution in [0.4, 0.5) is 5.69 Å². The maximum atomic E-state index is 12.9. The van der Waals surface area contributed by atoms with E-state index in [1.807, 2.05) is 0 Å². The van der Waals surface area contributed by atoms with Crippen LogP contribution in [0.5, 0.6) is 0 Å². The Balaban J connectivity index is 2.35. The van der Waals surface area contributed by atoms with Crippen molar-refractivity contribution in [2.24, 2.45) is 0 Å². The maximum absolute atomic E-state index is 12.9. The lowest BCUT2D eigenvalue weighted by Gasteiger charge is -2.28. The predicted octanol–water partition coefficient (Wildman–Crippen LogP) is 0.0175. The molecule has 0 aliphatic heterocycles. The fourth-order valence-corrected chi connectivity index (χ4v) is 2.57.